The van der Waals surface area contributed by atoms with Crippen LogP contribution in [-0.4, -0.2) is 29.4 Å². The van der Waals surface area contributed by atoms with Crippen LogP contribution in [0.15, 0.2) is 66.9 Å². The molecule has 1 N–H and O–H groups in total. The number of carbonyl (C=O) groups excluding carboxylic acids is 2. The molecule has 1 aliphatic heterocycles. The zero-order valence-electron chi connectivity index (χ0n) is 13.6. The number of hydrogen-bond acceptors (Lipinski definition) is 3. The van der Waals surface area contributed by atoms with Crippen LogP contribution in [-0.2, 0) is 16.0 Å². The molecule has 1 aromatic heterocycles. The molecule has 0 unspecified atom stereocenters. The maximum Gasteiger partial charge on any atom is 0.251 e. The normalized spacial score (nSPS) is 16.6. The quantitative estimate of drug-likeness (QED) is 0.746. The van der Waals surface area contributed by atoms with Gasteiger partial charge in [0.15, 0.2) is 0 Å². The van der Waals surface area contributed by atoms with E-state index < -0.39 is 6.04 Å². The average Bonchev–Trinajstić information content (AvgIpc) is 2.65. The molecule has 1 saturated heterocycles. The van der Waals surface area contributed by atoms with E-state index in [9.17, 15) is 9.59 Å². The van der Waals surface area contributed by atoms with Crippen molar-refractivity contribution in [3.05, 3.63) is 72.4 Å². The molecule has 4 rings (SSSR count). The van der Waals surface area contributed by atoms with Crippen molar-refractivity contribution in [2.75, 3.05) is 11.4 Å². The van der Waals surface area contributed by atoms with Crippen molar-refractivity contribution in [1.82, 2.24) is 10.3 Å². The lowest BCUT2D eigenvalue weighted by molar-refractivity contribution is -0.130. The van der Waals surface area contributed by atoms with Crippen molar-refractivity contribution in [3.8, 4) is 0 Å². The van der Waals surface area contributed by atoms with Crippen LogP contribution in [0.2, 0.25) is 0 Å². The zero-order valence-corrected chi connectivity index (χ0v) is 13.6. The highest BCUT2D eigenvalue weighted by Gasteiger charge is 2.38. The highest BCUT2D eigenvalue weighted by molar-refractivity contribution is 6.05. The van der Waals surface area contributed by atoms with E-state index in [0.717, 1.165) is 22.2 Å². The molecule has 1 aliphatic rings. The monoisotopic (exact) mass is 331 g/mol. The van der Waals surface area contributed by atoms with E-state index in [1.807, 2.05) is 60.7 Å². The van der Waals surface area contributed by atoms with E-state index in [1.165, 1.54) is 0 Å². The summed E-state index contributed by atoms with van der Waals surface area (Å²) in [6.07, 6.45) is 1.92. The molecular formula is C20H17N3O2. The highest BCUT2D eigenvalue weighted by Crippen LogP contribution is 2.21. The molecule has 3 aromatic rings. The molecule has 1 atom stereocenters. The summed E-state index contributed by atoms with van der Waals surface area (Å²) in [6.45, 7) is 0.505. The minimum absolute atomic E-state index is 0.0730. The fourth-order valence-electron chi connectivity index (χ4n) is 3.02. The molecule has 0 aliphatic carbocycles. The molecule has 25 heavy (non-hydrogen) atoms. The van der Waals surface area contributed by atoms with Crippen LogP contribution in [0.1, 0.15) is 5.56 Å². The van der Waals surface area contributed by atoms with Crippen LogP contribution >= 0.6 is 0 Å². The number of hydrogen-bond donors (Lipinski definition) is 1. The smallest absolute Gasteiger partial charge is 0.251 e. The number of rotatable bonds is 4. The van der Waals surface area contributed by atoms with Gasteiger partial charge in [0.25, 0.3) is 5.91 Å². The van der Waals surface area contributed by atoms with Crippen molar-refractivity contribution in [1.29, 1.82) is 0 Å². The Morgan fingerprint density at radius 2 is 1.88 bits per heavy atom. The van der Waals surface area contributed by atoms with Crippen molar-refractivity contribution >= 4 is 28.4 Å². The number of carbonyl (C=O) groups is 2. The molecular weight excluding hydrogens is 314 g/mol. The molecule has 0 saturated carbocycles. The minimum atomic E-state index is -0.443. The number of nitrogens with zero attached hydrogens (tertiary/aromatic N) is 2. The van der Waals surface area contributed by atoms with Gasteiger partial charge in [0.1, 0.15) is 6.04 Å². The molecule has 5 heteroatoms. The molecule has 0 bridgehead atoms. The van der Waals surface area contributed by atoms with E-state index >= 15 is 0 Å². The Morgan fingerprint density at radius 3 is 2.68 bits per heavy atom. The maximum atomic E-state index is 12.2. The van der Waals surface area contributed by atoms with E-state index in [-0.39, 0.29) is 18.2 Å². The summed E-state index contributed by atoms with van der Waals surface area (Å²) in [5.41, 5.74) is 2.60. The van der Waals surface area contributed by atoms with Crippen LogP contribution in [0, 0.1) is 0 Å². The predicted octanol–water partition coefficient (Wildman–Crippen LogP) is 2.31. The van der Waals surface area contributed by atoms with Gasteiger partial charge in [0, 0.05) is 17.3 Å². The topological polar surface area (TPSA) is 62.3 Å². The average molecular weight is 331 g/mol. The van der Waals surface area contributed by atoms with Gasteiger partial charge < -0.3 is 10.2 Å². The van der Waals surface area contributed by atoms with Gasteiger partial charge in [-0.05, 0) is 29.8 Å². The molecule has 2 aromatic carbocycles. The Bertz CT molecular complexity index is 940. The van der Waals surface area contributed by atoms with Gasteiger partial charge >= 0.3 is 0 Å². The van der Waals surface area contributed by atoms with Crippen molar-refractivity contribution in [3.63, 3.8) is 0 Å². The number of pyridine rings is 1. The first-order chi connectivity index (χ1) is 12.2. The van der Waals surface area contributed by atoms with Gasteiger partial charge in [0.2, 0.25) is 5.91 Å². The Kier molecular flexibility index (Phi) is 3.90. The Hall–Kier alpha value is -3.21. The summed E-state index contributed by atoms with van der Waals surface area (Å²) < 4.78 is 0. The number of β-lactam (4-membered cyclic amide) rings is 1. The predicted molar refractivity (Wildman–Crippen MR) is 96.2 cm³/mol. The number of aromatic nitrogens is 1. The fourth-order valence-corrected chi connectivity index (χ4v) is 3.02. The summed E-state index contributed by atoms with van der Waals surface area (Å²) in [4.78, 5) is 30.5. The molecule has 0 spiro atoms. The molecule has 2 amide bonds. The number of para-hydroxylation sites is 2. The summed E-state index contributed by atoms with van der Waals surface area (Å²) in [6, 6.07) is 18.8. The van der Waals surface area contributed by atoms with Gasteiger partial charge in [-0.2, -0.15) is 0 Å². The van der Waals surface area contributed by atoms with Gasteiger partial charge in [0.05, 0.1) is 18.5 Å². The third kappa shape index (κ3) is 3.08. The SMILES string of the molecule is O=C(Cc1cnc2ccccc2c1)N[C@@H]1CN(c2ccccc2)C1=O. The van der Waals surface area contributed by atoms with Crippen LogP contribution in [0.5, 0.6) is 0 Å². The zero-order chi connectivity index (χ0) is 17.2. The summed E-state index contributed by atoms with van der Waals surface area (Å²) in [5.74, 6) is -0.237. The van der Waals surface area contributed by atoms with Crippen LogP contribution in [0.25, 0.3) is 10.9 Å². The van der Waals surface area contributed by atoms with Gasteiger partial charge in [-0.3, -0.25) is 14.6 Å². The Labute approximate surface area is 145 Å². The molecule has 0 radical (unpaired) electrons. The van der Waals surface area contributed by atoms with Crippen LogP contribution in [0.3, 0.4) is 0 Å². The van der Waals surface area contributed by atoms with Gasteiger partial charge in [-0.25, -0.2) is 0 Å². The molecule has 124 valence electrons. The van der Waals surface area contributed by atoms with E-state index in [0.29, 0.717) is 6.54 Å². The number of anilines is 1. The molecule has 2 heterocycles. The first kappa shape index (κ1) is 15.3. The van der Waals surface area contributed by atoms with E-state index in [4.69, 9.17) is 0 Å². The maximum absolute atomic E-state index is 12.2. The number of fused-ring (bicyclic) bond motifs is 1. The Morgan fingerprint density at radius 1 is 1.12 bits per heavy atom. The van der Waals surface area contributed by atoms with Crippen LogP contribution in [0.4, 0.5) is 5.69 Å². The first-order valence-electron chi connectivity index (χ1n) is 8.20. The summed E-state index contributed by atoms with van der Waals surface area (Å²) in [7, 11) is 0. The highest BCUT2D eigenvalue weighted by atomic mass is 16.2. The van der Waals surface area contributed by atoms with Gasteiger partial charge in [-0.15, -0.1) is 0 Å². The minimum Gasteiger partial charge on any atom is -0.342 e. The standard InChI is InChI=1S/C20H17N3O2/c24-19(11-14-10-15-6-4-5-9-17(15)21-12-14)22-18-13-23(20(18)25)16-7-2-1-3-8-16/h1-10,12,18H,11,13H2,(H,22,24)/t18-/m1/s1. The van der Waals surface area contributed by atoms with Gasteiger partial charge in [-0.1, -0.05) is 36.4 Å². The van der Waals surface area contributed by atoms with Crippen molar-refractivity contribution < 1.29 is 9.59 Å². The second-order valence-electron chi connectivity index (χ2n) is 6.12. The molecule has 1 fully saturated rings. The fraction of sp³-hybridized carbons (Fsp3) is 0.150. The summed E-state index contributed by atoms with van der Waals surface area (Å²) in [5, 5.41) is 3.81. The third-order valence-electron chi connectivity index (χ3n) is 4.34. The van der Waals surface area contributed by atoms with Crippen molar-refractivity contribution in [2.45, 2.75) is 12.5 Å². The van der Waals surface area contributed by atoms with E-state index in [2.05, 4.69) is 10.3 Å². The van der Waals surface area contributed by atoms with E-state index in [1.54, 1.807) is 11.1 Å². The number of benzene rings is 2. The second-order valence-corrected chi connectivity index (χ2v) is 6.12. The first-order valence-corrected chi connectivity index (χ1v) is 8.20. The number of amides is 2. The Balaban J connectivity index is 1.37. The van der Waals surface area contributed by atoms with Crippen molar-refractivity contribution in [2.24, 2.45) is 0 Å². The van der Waals surface area contributed by atoms with Crippen LogP contribution < -0.4 is 10.2 Å². The lowest BCUT2D eigenvalue weighted by Gasteiger charge is -2.38. The molecule has 5 nitrogen and oxygen atoms in total. The lowest BCUT2D eigenvalue weighted by atomic mass is 10.1. The number of nitrogens with one attached hydrogen (secondary N) is 1. The summed E-state index contributed by atoms with van der Waals surface area (Å²) >= 11 is 0. The third-order valence-corrected chi connectivity index (χ3v) is 4.34. The second kappa shape index (κ2) is 6.36. The lowest BCUT2D eigenvalue weighted by Crippen LogP contribution is -2.64. The largest absolute Gasteiger partial charge is 0.342 e.